The van der Waals surface area contributed by atoms with Crippen LogP contribution in [-0.2, 0) is 11.3 Å². The van der Waals surface area contributed by atoms with Crippen molar-refractivity contribution in [3.8, 4) is 0 Å². The number of halogens is 1. The highest BCUT2D eigenvalue weighted by atomic mass is 19.1. The highest BCUT2D eigenvalue weighted by molar-refractivity contribution is 5.30. The quantitative estimate of drug-likeness (QED) is 0.903. The van der Waals surface area contributed by atoms with Crippen LogP contribution in [0.2, 0.25) is 0 Å². The summed E-state index contributed by atoms with van der Waals surface area (Å²) >= 11 is 0. The van der Waals surface area contributed by atoms with Crippen LogP contribution in [0.1, 0.15) is 43.4 Å². The van der Waals surface area contributed by atoms with Crippen molar-refractivity contribution >= 4 is 0 Å². The highest BCUT2D eigenvalue weighted by Gasteiger charge is 2.28. The fraction of sp³-hybridized carbons (Fsp3) is 0.625. The van der Waals surface area contributed by atoms with E-state index in [1.807, 2.05) is 26.0 Å². The van der Waals surface area contributed by atoms with Crippen molar-refractivity contribution in [3.05, 3.63) is 34.6 Å². The molecule has 1 aliphatic rings. The molecule has 0 bridgehead atoms. The van der Waals surface area contributed by atoms with E-state index in [0.29, 0.717) is 6.04 Å². The average Bonchev–Trinajstić information content (AvgIpc) is 2.32. The zero-order valence-electron chi connectivity index (χ0n) is 12.3. The molecule has 106 valence electrons. The van der Waals surface area contributed by atoms with Crippen molar-refractivity contribution in [1.82, 2.24) is 5.32 Å². The molecule has 0 aliphatic carbocycles. The second kappa shape index (κ2) is 5.59. The predicted molar refractivity (Wildman–Crippen MR) is 75.8 cm³/mol. The summed E-state index contributed by atoms with van der Waals surface area (Å²) in [6.45, 7) is 9.52. The van der Waals surface area contributed by atoms with E-state index in [4.69, 9.17) is 4.74 Å². The standard InChI is InChI=1S/C16H24FNO/c1-11-7-13(8-12(2)15(11)17)10-18-14-5-6-19-16(3,4)9-14/h7-8,14,18H,5-6,9-10H2,1-4H3. The minimum Gasteiger partial charge on any atom is -0.375 e. The first kappa shape index (κ1) is 14.5. The minimum absolute atomic E-state index is 0.0372. The Labute approximate surface area is 115 Å². The highest BCUT2D eigenvalue weighted by Crippen LogP contribution is 2.24. The third-order valence-electron chi connectivity index (χ3n) is 3.79. The summed E-state index contributed by atoms with van der Waals surface area (Å²) in [5.41, 5.74) is 2.57. The van der Waals surface area contributed by atoms with E-state index in [0.717, 1.165) is 42.7 Å². The first-order valence-corrected chi connectivity index (χ1v) is 7.00. The summed E-state index contributed by atoms with van der Waals surface area (Å²) in [5.74, 6) is -0.0871. The van der Waals surface area contributed by atoms with E-state index in [2.05, 4.69) is 19.2 Å². The topological polar surface area (TPSA) is 21.3 Å². The molecule has 0 saturated carbocycles. The van der Waals surface area contributed by atoms with Crippen LogP contribution in [0.3, 0.4) is 0 Å². The van der Waals surface area contributed by atoms with E-state index < -0.39 is 0 Å². The van der Waals surface area contributed by atoms with Gasteiger partial charge in [-0.25, -0.2) is 4.39 Å². The lowest BCUT2D eigenvalue weighted by molar-refractivity contribution is -0.0630. The monoisotopic (exact) mass is 265 g/mol. The smallest absolute Gasteiger partial charge is 0.129 e. The van der Waals surface area contributed by atoms with Crippen LogP contribution in [0, 0.1) is 19.7 Å². The molecule has 0 radical (unpaired) electrons. The molecule has 1 fully saturated rings. The third kappa shape index (κ3) is 3.77. The van der Waals surface area contributed by atoms with Crippen LogP contribution in [0.25, 0.3) is 0 Å². The number of nitrogens with one attached hydrogen (secondary N) is 1. The normalized spacial score (nSPS) is 22.5. The summed E-state index contributed by atoms with van der Waals surface area (Å²) in [7, 11) is 0. The molecule has 1 aliphatic heterocycles. The fourth-order valence-electron chi connectivity index (χ4n) is 2.81. The van der Waals surface area contributed by atoms with Gasteiger partial charge in [-0.1, -0.05) is 12.1 Å². The van der Waals surface area contributed by atoms with Crippen LogP contribution in [-0.4, -0.2) is 18.2 Å². The van der Waals surface area contributed by atoms with Crippen molar-refractivity contribution in [2.45, 2.75) is 58.7 Å². The lowest BCUT2D eigenvalue weighted by Gasteiger charge is -2.36. The Kier molecular flexibility index (Phi) is 4.26. The van der Waals surface area contributed by atoms with Gasteiger partial charge in [0, 0.05) is 19.2 Å². The second-order valence-corrected chi connectivity index (χ2v) is 6.22. The number of hydrogen-bond acceptors (Lipinski definition) is 2. The van der Waals surface area contributed by atoms with Crippen LogP contribution in [0.4, 0.5) is 4.39 Å². The lowest BCUT2D eigenvalue weighted by Crippen LogP contribution is -2.43. The molecule has 0 aromatic heterocycles. The van der Waals surface area contributed by atoms with Gasteiger partial charge in [0.15, 0.2) is 0 Å². The van der Waals surface area contributed by atoms with Gasteiger partial charge in [0.25, 0.3) is 0 Å². The van der Waals surface area contributed by atoms with Crippen LogP contribution in [0.5, 0.6) is 0 Å². The Morgan fingerprint density at radius 3 is 2.53 bits per heavy atom. The molecular weight excluding hydrogens is 241 g/mol. The molecule has 3 heteroatoms. The zero-order valence-corrected chi connectivity index (χ0v) is 12.3. The van der Waals surface area contributed by atoms with Crippen molar-refractivity contribution < 1.29 is 9.13 Å². The fourth-order valence-corrected chi connectivity index (χ4v) is 2.81. The molecule has 1 aromatic rings. The maximum atomic E-state index is 13.6. The maximum absolute atomic E-state index is 13.6. The molecule has 19 heavy (non-hydrogen) atoms. The molecule has 2 rings (SSSR count). The van der Waals surface area contributed by atoms with E-state index in [1.54, 1.807) is 0 Å². The Bertz CT molecular complexity index is 433. The number of ether oxygens (including phenoxy) is 1. The van der Waals surface area contributed by atoms with Crippen LogP contribution < -0.4 is 5.32 Å². The summed E-state index contributed by atoms with van der Waals surface area (Å²) in [6.07, 6.45) is 2.06. The van der Waals surface area contributed by atoms with Gasteiger partial charge in [-0.15, -0.1) is 0 Å². The van der Waals surface area contributed by atoms with Gasteiger partial charge in [-0.3, -0.25) is 0 Å². The molecule has 0 spiro atoms. The Hall–Kier alpha value is -0.930. The van der Waals surface area contributed by atoms with Crippen molar-refractivity contribution in [1.29, 1.82) is 0 Å². The van der Waals surface area contributed by atoms with Crippen LogP contribution >= 0.6 is 0 Å². The van der Waals surface area contributed by atoms with Crippen molar-refractivity contribution in [2.75, 3.05) is 6.61 Å². The second-order valence-electron chi connectivity index (χ2n) is 6.22. The minimum atomic E-state index is -0.0871. The van der Waals surface area contributed by atoms with Gasteiger partial charge in [0.05, 0.1) is 5.60 Å². The number of aryl methyl sites for hydroxylation is 2. The van der Waals surface area contributed by atoms with Gasteiger partial charge in [-0.05, 0) is 57.2 Å². The van der Waals surface area contributed by atoms with Gasteiger partial charge < -0.3 is 10.1 Å². The molecule has 0 amide bonds. The van der Waals surface area contributed by atoms with Gasteiger partial charge in [0.2, 0.25) is 0 Å². The SMILES string of the molecule is Cc1cc(CNC2CCOC(C)(C)C2)cc(C)c1F. The van der Waals surface area contributed by atoms with E-state index in [-0.39, 0.29) is 11.4 Å². The first-order valence-electron chi connectivity index (χ1n) is 7.00. The molecule has 2 nitrogen and oxygen atoms in total. The zero-order chi connectivity index (χ0) is 14.0. The summed E-state index contributed by atoms with van der Waals surface area (Å²) in [4.78, 5) is 0. The van der Waals surface area contributed by atoms with Gasteiger partial charge in [0.1, 0.15) is 5.82 Å². The Morgan fingerprint density at radius 2 is 1.95 bits per heavy atom. The maximum Gasteiger partial charge on any atom is 0.129 e. The summed E-state index contributed by atoms with van der Waals surface area (Å²) in [6, 6.07) is 4.34. The predicted octanol–water partition coefficient (Wildman–Crippen LogP) is 3.49. The molecule has 1 saturated heterocycles. The summed E-state index contributed by atoms with van der Waals surface area (Å²) in [5, 5.41) is 3.56. The molecule has 1 unspecified atom stereocenters. The van der Waals surface area contributed by atoms with Crippen molar-refractivity contribution in [2.24, 2.45) is 0 Å². The molecule has 1 N–H and O–H groups in total. The van der Waals surface area contributed by atoms with E-state index in [1.165, 1.54) is 0 Å². The lowest BCUT2D eigenvalue weighted by atomic mass is 9.93. The number of hydrogen-bond donors (Lipinski definition) is 1. The largest absolute Gasteiger partial charge is 0.375 e. The van der Waals surface area contributed by atoms with Gasteiger partial charge in [-0.2, -0.15) is 0 Å². The molecular formula is C16H24FNO. The summed E-state index contributed by atoms with van der Waals surface area (Å²) < 4.78 is 19.3. The molecule has 1 aromatic carbocycles. The third-order valence-corrected chi connectivity index (χ3v) is 3.79. The van der Waals surface area contributed by atoms with Gasteiger partial charge >= 0.3 is 0 Å². The van der Waals surface area contributed by atoms with Crippen LogP contribution in [0.15, 0.2) is 12.1 Å². The first-order chi connectivity index (χ1) is 8.87. The Balaban J connectivity index is 1.95. The van der Waals surface area contributed by atoms with Crippen molar-refractivity contribution in [3.63, 3.8) is 0 Å². The number of rotatable bonds is 3. The molecule has 1 heterocycles. The Morgan fingerprint density at radius 1 is 1.32 bits per heavy atom. The number of benzene rings is 1. The average molecular weight is 265 g/mol. The van der Waals surface area contributed by atoms with E-state index in [9.17, 15) is 4.39 Å². The van der Waals surface area contributed by atoms with E-state index >= 15 is 0 Å². The molecule has 1 atom stereocenters.